The fraction of sp³-hybridized carbons (Fsp3) is 0.650. The SMILES string of the molecule is CCCCCCN1CCC(CNC(=O)c2cc(Cl)c(N)cc2OC)CC1. The maximum absolute atomic E-state index is 12.5. The number of nitrogens with two attached hydrogens (primary N) is 1. The van der Waals surface area contributed by atoms with E-state index in [1.807, 2.05) is 0 Å². The van der Waals surface area contributed by atoms with E-state index >= 15 is 0 Å². The van der Waals surface area contributed by atoms with Crippen molar-refractivity contribution >= 4 is 23.2 Å². The number of anilines is 1. The smallest absolute Gasteiger partial charge is 0.255 e. The summed E-state index contributed by atoms with van der Waals surface area (Å²) in [4.78, 5) is 15.0. The summed E-state index contributed by atoms with van der Waals surface area (Å²) in [5.41, 5.74) is 6.61. The Morgan fingerprint density at radius 1 is 1.31 bits per heavy atom. The van der Waals surface area contributed by atoms with E-state index in [2.05, 4.69) is 17.1 Å². The van der Waals surface area contributed by atoms with E-state index < -0.39 is 0 Å². The van der Waals surface area contributed by atoms with Gasteiger partial charge in [0.05, 0.1) is 23.4 Å². The Morgan fingerprint density at radius 2 is 2.04 bits per heavy atom. The first kappa shape index (κ1) is 20.8. The van der Waals surface area contributed by atoms with E-state index in [1.165, 1.54) is 39.3 Å². The van der Waals surface area contributed by atoms with Gasteiger partial charge in [0.25, 0.3) is 5.91 Å². The second kappa shape index (κ2) is 10.6. The Hall–Kier alpha value is -1.46. The topological polar surface area (TPSA) is 67.6 Å². The molecule has 0 radical (unpaired) electrons. The van der Waals surface area contributed by atoms with Gasteiger partial charge in [0.1, 0.15) is 5.75 Å². The van der Waals surface area contributed by atoms with E-state index in [0.717, 1.165) is 25.9 Å². The second-order valence-electron chi connectivity index (χ2n) is 7.13. The number of benzene rings is 1. The monoisotopic (exact) mass is 381 g/mol. The van der Waals surface area contributed by atoms with Crippen LogP contribution in [-0.2, 0) is 0 Å². The number of nitrogen functional groups attached to an aromatic ring is 1. The van der Waals surface area contributed by atoms with Gasteiger partial charge in [0, 0.05) is 12.6 Å². The van der Waals surface area contributed by atoms with Crippen LogP contribution in [0.25, 0.3) is 0 Å². The molecule has 1 amide bonds. The molecule has 3 N–H and O–H groups in total. The van der Waals surface area contributed by atoms with Crippen molar-refractivity contribution in [3.8, 4) is 5.75 Å². The van der Waals surface area contributed by atoms with Crippen LogP contribution < -0.4 is 15.8 Å². The third-order valence-corrected chi connectivity index (χ3v) is 5.48. The van der Waals surface area contributed by atoms with Gasteiger partial charge in [-0.15, -0.1) is 0 Å². The minimum atomic E-state index is -0.161. The average Bonchev–Trinajstić information content (AvgIpc) is 2.66. The minimum absolute atomic E-state index is 0.161. The molecule has 1 aromatic carbocycles. The summed E-state index contributed by atoms with van der Waals surface area (Å²) in [6, 6.07) is 3.16. The lowest BCUT2D eigenvalue weighted by molar-refractivity contribution is 0.0933. The van der Waals surface area contributed by atoms with Gasteiger partial charge < -0.3 is 20.7 Å². The Labute approximate surface area is 162 Å². The number of carbonyl (C=O) groups is 1. The molecule has 1 heterocycles. The molecule has 0 atom stereocenters. The number of likely N-dealkylation sites (tertiary alicyclic amines) is 1. The van der Waals surface area contributed by atoms with Crippen molar-refractivity contribution in [1.29, 1.82) is 0 Å². The number of nitrogens with zero attached hydrogens (tertiary/aromatic N) is 1. The summed E-state index contributed by atoms with van der Waals surface area (Å²) < 4.78 is 5.26. The highest BCUT2D eigenvalue weighted by molar-refractivity contribution is 6.33. The van der Waals surface area contributed by atoms with E-state index in [9.17, 15) is 4.79 Å². The molecule has 1 aliphatic rings. The molecule has 0 bridgehead atoms. The number of rotatable bonds is 9. The van der Waals surface area contributed by atoms with E-state index in [0.29, 0.717) is 34.5 Å². The van der Waals surface area contributed by atoms with Crippen molar-refractivity contribution in [2.75, 3.05) is 39.0 Å². The van der Waals surface area contributed by atoms with Crippen LogP contribution in [0.1, 0.15) is 55.8 Å². The number of piperidine rings is 1. The summed E-state index contributed by atoms with van der Waals surface area (Å²) >= 11 is 6.05. The van der Waals surface area contributed by atoms with Crippen LogP contribution in [-0.4, -0.2) is 44.1 Å². The number of hydrogen-bond donors (Lipinski definition) is 2. The molecule has 146 valence electrons. The van der Waals surface area contributed by atoms with Crippen molar-refractivity contribution in [3.05, 3.63) is 22.7 Å². The highest BCUT2D eigenvalue weighted by atomic mass is 35.5. The molecule has 1 saturated heterocycles. The first-order valence-corrected chi connectivity index (χ1v) is 10.1. The summed E-state index contributed by atoms with van der Waals surface area (Å²) in [6.07, 6.45) is 7.51. The highest BCUT2D eigenvalue weighted by Crippen LogP contribution is 2.29. The number of hydrogen-bond acceptors (Lipinski definition) is 4. The largest absolute Gasteiger partial charge is 0.496 e. The second-order valence-corrected chi connectivity index (χ2v) is 7.54. The van der Waals surface area contributed by atoms with Gasteiger partial charge in [-0.05, 0) is 50.9 Å². The van der Waals surface area contributed by atoms with Crippen molar-refractivity contribution in [2.45, 2.75) is 45.4 Å². The van der Waals surface area contributed by atoms with Crippen molar-refractivity contribution in [3.63, 3.8) is 0 Å². The zero-order chi connectivity index (χ0) is 18.9. The standard InChI is InChI=1S/C20H32ClN3O2/c1-3-4-5-6-9-24-10-7-15(8-11-24)14-23-20(25)16-12-17(21)18(22)13-19(16)26-2/h12-13,15H,3-11,14,22H2,1-2H3,(H,23,25). The number of amides is 1. The minimum Gasteiger partial charge on any atom is -0.496 e. The number of ether oxygens (including phenoxy) is 1. The molecule has 0 saturated carbocycles. The van der Waals surface area contributed by atoms with Gasteiger partial charge in [-0.2, -0.15) is 0 Å². The fourth-order valence-corrected chi connectivity index (χ4v) is 3.59. The van der Waals surface area contributed by atoms with E-state index in [1.54, 1.807) is 12.1 Å². The summed E-state index contributed by atoms with van der Waals surface area (Å²) in [5.74, 6) is 0.818. The highest BCUT2D eigenvalue weighted by Gasteiger charge is 2.21. The maximum Gasteiger partial charge on any atom is 0.255 e. The van der Waals surface area contributed by atoms with Crippen molar-refractivity contribution < 1.29 is 9.53 Å². The van der Waals surface area contributed by atoms with Crippen LogP contribution in [0.2, 0.25) is 5.02 Å². The van der Waals surface area contributed by atoms with Crippen LogP contribution in [0.3, 0.4) is 0 Å². The molecule has 2 rings (SSSR count). The summed E-state index contributed by atoms with van der Waals surface area (Å²) in [7, 11) is 1.52. The number of nitrogens with one attached hydrogen (secondary N) is 1. The lowest BCUT2D eigenvalue weighted by Gasteiger charge is -2.32. The maximum atomic E-state index is 12.5. The normalized spacial score (nSPS) is 15.8. The predicted molar refractivity (Wildman–Crippen MR) is 108 cm³/mol. The molecule has 6 heteroatoms. The number of methoxy groups -OCH3 is 1. The molecule has 0 unspecified atom stereocenters. The first-order valence-electron chi connectivity index (χ1n) is 9.68. The number of halogens is 1. The fourth-order valence-electron chi connectivity index (χ4n) is 3.42. The van der Waals surface area contributed by atoms with Gasteiger partial charge in [0.15, 0.2) is 0 Å². The molecule has 5 nitrogen and oxygen atoms in total. The lowest BCUT2D eigenvalue weighted by Crippen LogP contribution is -2.39. The molecule has 0 spiro atoms. The Bertz CT molecular complexity index is 587. The number of unbranched alkanes of at least 4 members (excludes halogenated alkanes) is 3. The van der Waals surface area contributed by atoms with E-state index in [-0.39, 0.29) is 5.91 Å². The molecule has 1 fully saturated rings. The van der Waals surface area contributed by atoms with Crippen LogP contribution in [0, 0.1) is 5.92 Å². The lowest BCUT2D eigenvalue weighted by atomic mass is 9.96. The van der Waals surface area contributed by atoms with Crippen molar-refractivity contribution in [2.24, 2.45) is 5.92 Å². The third-order valence-electron chi connectivity index (χ3n) is 5.15. The van der Waals surface area contributed by atoms with Crippen molar-refractivity contribution in [1.82, 2.24) is 10.2 Å². The summed E-state index contributed by atoms with van der Waals surface area (Å²) in [6.45, 7) is 6.40. The molecule has 1 aromatic rings. The van der Waals surface area contributed by atoms with Gasteiger partial charge in [-0.1, -0.05) is 37.8 Å². The zero-order valence-electron chi connectivity index (χ0n) is 16.0. The average molecular weight is 382 g/mol. The van der Waals surface area contributed by atoms with Gasteiger partial charge >= 0.3 is 0 Å². The molecule has 0 aromatic heterocycles. The Morgan fingerprint density at radius 3 is 2.69 bits per heavy atom. The molecular formula is C20H32ClN3O2. The molecule has 0 aliphatic carbocycles. The van der Waals surface area contributed by atoms with Crippen LogP contribution in [0.5, 0.6) is 5.75 Å². The first-order chi connectivity index (χ1) is 12.5. The van der Waals surface area contributed by atoms with Crippen LogP contribution in [0.15, 0.2) is 12.1 Å². The Balaban J connectivity index is 1.76. The van der Waals surface area contributed by atoms with Crippen LogP contribution >= 0.6 is 11.6 Å². The van der Waals surface area contributed by atoms with Crippen LogP contribution in [0.4, 0.5) is 5.69 Å². The third kappa shape index (κ3) is 6.06. The zero-order valence-corrected chi connectivity index (χ0v) is 16.8. The number of carbonyl (C=O) groups excluding carboxylic acids is 1. The Kier molecular flexibility index (Phi) is 8.52. The van der Waals surface area contributed by atoms with Gasteiger partial charge in [-0.25, -0.2) is 0 Å². The predicted octanol–water partition coefficient (Wildman–Crippen LogP) is 3.95. The summed E-state index contributed by atoms with van der Waals surface area (Å²) in [5, 5.41) is 3.40. The van der Waals surface area contributed by atoms with E-state index in [4.69, 9.17) is 22.1 Å². The van der Waals surface area contributed by atoms with Gasteiger partial charge in [-0.3, -0.25) is 4.79 Å². The molecular weight excluding hydrogens is 350 g/mol. The molecule has 26 heavy (non-hydrogen) atoms. The van der Waals surface area contributed by atoms with Gasteiger partial charge in [0.2, 0.25) is 0 Å². The molecule has 1 aliphatic heterocycles. The quantitative estimate of drug-likeness (QED) is 0.502.